The van der Waals surface area contributed by atoms with Gasteiger partial charge in [0.2, 0.25) is 5.78 Å². The van der Waals surface area contributed by atoms with E-state index < -0.39 is 0 Å². The van der Waals surface area contributed by atoms with Gasteiger partial charge in [-0.25, -0.2) is 0 Å². The quantitative estimate of drug-likeness (QED) is 0.579. The minimum absolute atomic E-state index is 0.0984. The number of hydrogen-bond acceptors (Lipinski definition) is 5. The Hall–Kier alpha value is -3.25. The number of nitrogens with zero attached hydrogens (tertiary/aromatic N) is 2. The van der Waals surface area contributed by atoms with Gasteiger partial charge in [-0.2, -0.15) is 0 Å². The lowest BCUT2D eigenvalue weighted by atomic mass is 10.0. The van der Waals surface area contributed by atoms with Crippen LogP contribution < -0.4 is 14.2 Å². The zero-order chi connectivity index (χ0) is 21.7. The number of ketones is 1. The van der Waals surface area contributed by atoms with Gasteiger partial charge < -0.3 is 18.8 Å². The second-order valence-corrected chi connectivity index (χ2v) is 8.62. The predicted octanol–water partition coefficient (Wildman–Crippen LogP) is 4.61. The lowest BCUT2D eigenvalue weighted by molar-refractivity contribution is 0.0832. The number of hydrogen-bond donors (Lipinski definition) is 0. The lowest BCUT2D eigenvalue weighted by Crippen LogP contribution is -2.34. The summed E-state index contributed by atoms with van der Waals surface area (Å²) in [5.41, 5.74) is 3.52. The highest BCUT2D eigenvalue weighted by Gasteiger charge is 2.33. The number of carbonyl (C=O) groups is 1. The fourth-order valence-corrected chi connectivity index (χ4v) is 4.42. The largest absolute Gasteiger partial charge is 0.497 e. The Kier molecular flexibility index (Phi) is 4.74. The maximum Gasteiger partial charge on any atom is 0.231 e. The topological polar surface area (TPSA) is 52.9 Å². The molecule has 6 heteroatoms. The number of benzene rings is 2. The van der Waals surface area contributed by atoms with Crippen LogP contribution in [0.2, 0.25) is 0 Å². The summed E-state index contributed by atoms with van der Waals surface area (Å²) in [7, 11) is 3.64. The molecule has 6 nitrogen and oxygen atoms in total. The van der Waals surface area contributed by atoms with Crippen LogP contribution in [0.1, 0.15) is 35.3 Å². The molecule has 31 heavy (non-hydrogen) atoms. The van der Waals surface area contributed by atoms with Crippen LogP contribution in [0.25, 0.3) is 17.0 Å². The highest BCUT2D eigenvalue weighted by atomic mass is 16.5. The summed E-state index contributed by atoms with van der Waals surface area (Å²) >= 11 is 0. The van der Waals surface area contributed by atoms with E-state index in [1.807, 2.05) is 54.2 Å². The average Bonchev–Trinajstić information content (AvgIpc) is 3.24. The first kappa shape index (κ1) is 19.7. The van der Waals surface area contributed by atoms with Gasteiger partial charge in [-0.15, -0.1) is 0 Å². The number of aromatic nitrogens is 1. The van der Waals surface area contributed by atoms with Crippen LogP contribution in [-0.2, 0) is 13.6 Å². The minimum atomic E-state index is -0.0984. The molecule has 0 N–H and O–H groups in total. The standard InChI is InChI=1S/C25H26N2O4/c1-15(2)11-27-13-20-22(30-14-27)8-6-18-24(28)23(31-25(18)20)9-16-12-26(3)21-7-5-17(29-4)10-19(16)21/h5-10,12,15H,11,13-14H2,1-4H3/b23-9-. The van der Waals surface area contributed by atoms with Gasteiger partial charge in [-0.3, -0.25) is 9.69 Å². The SMILES string of the molecule is COc1ccc2c(c1)c(/C=C1\Oc3c(ccc4c3CN(CC(C)C)CO4)C1=O)cn2C. The number of aryl methyl sites for hydroxylation is 1. The van der Waals surface area contributed by atoms with Gasteiger partial charge in [0.25, 0.3) is 0 Å². The van der Waals surface area contributed by atoms with Crippen molar-refractivity contribution in [3.63, 3.8) is 0 Å². The molecule has 0 bridgehead atoms. The van der Waals surface area contributed by atoms with E-state index in [1.54, 1.807) is 7.11 Å². The Morgan fingerprint density at radius 1 is 1.23 bits per heavy atom. The molecule has 1 aromatic heterocycles. The molecule has 2 aliphatic heterocycles. The number of rotatable bonds is 4. The zero-order valence-electron chi connectivity index (χ0n) is 18.3. The molecule has 0 radical (unpaired) electrons. The molecule has 2 aliphatic rings. The first-order chi connectivity index (χ1) is 14.9. The van der Waals surface area contributed by atoms with E-state index >= 15 is 0 Å². The first-order valence-corrected chi connectivity index (χ1v) is 10.5. The third-order valence-electron chi connectivity index (χ3n) is 5.82. The number of fused-ring (bicyclic) bond motifs is 4. The van der Waals surface area contributed by atoms with E-state index in [0.717, 1.165) is 40.1 Å². The van der Waals surface area contributed by atoms with E-state index in [-0.39, 0.29) is 5.78 Å². The highest BCUT2D eigenvalue weighted by molar-refractivity contribution is 6.15. The second kappa shape index (κ2) is 7.46. The van der Waals surface area contributed by atoms with Crippen molar-refractivity contribution in [1.29, 1.82) is 0 Å². The third-order valence-corrected chi connectivity index (χ3v) is 5.82. The van der Waals surface area contributed by atoms with Gasteiger partial charge in [0.1, 0.15) is 24.0 Å². The Morgan fingerprint density at radius 3 is 2.84 bits per heavy atom. The molecule has 0 saturated heterocycles. The summed E-state index contributed by atoms with van der Waals surface area (Å²) in [6, 6.07) is 9.62. The Morgan fingerprint density at radius 2 is 2.06 bits per heavy atom. The summed E-state index contributed by atoms with van der Waals surface area (Å²) < 4.78 is 19.5. The molecule has 0 saturated carbocycles. The zero-order valence-corrected chi connectivity index (χ0v) is 18.3. The summed E-state index contributed by atoms with van der Waals surface area (Å²) in [6.45, 7) is 6.56. The van der Waals surface area contributed by atoms with Crippen LogP contribution >= 0.6 is 0 Å². The van der Waals surface area contributed by atoms with Crippen LogP contribution in [0.4, 0.5) is 0 Å². The molecule has 3 aromatic rings. The van der Waals surface area contributed by atoms with Gasteiger partial charge in [0.05, 0.1) is 18.2 Å². The maximum atomic E-state index is 13.1. The van der Waals surface area contributed by atoms with E-state index in [0.29, 0.717) is 36.3 Å². The molecule has 0 atom stereocenters. The molecular weight excluding hydrogens is 392 g/mol. The number of methoxy groups -OCH3 is 1. The van der Waals surface area contributed by atoms with E-state index in [1.165, 1.54) is 0 Å². The molecule has 5 rings (SSSR count). The Balaban J connectivity index is 1.52. The Bertz CT molecular complexity index is 1220. The van der Waals surface area contributed by atoms with Crippen LogP contribution in [0.3, 0.4) is 0 Å². The average molecular weight is 418 g/mol. The van der Waals surface area contributed by atoms with Crippen molar-refractivity contribution in [2.75, 3.05) is 20.4 Å². The van der Waals surface area contributed by atoms with Gasteiger partial charge in [0, 0.05) is 42.8 Å². The van der Waals surface area contributed by atoms with Crippen molar-refractivity contribution in [2.24, 2.45) is 13.0 Å². The molecule has 3 heterocycles. The number of allylic oxidation sites excluding steroid dienone is 1. The van der Waals surface area contributed by atoms with Crippen LogP contribution in [0.5, 0.6) is 17.2 Å². The van der Waals surface area contributed by atoms with Crippen molar-refractivity contribution in [3.8, 4) is 17.2 Å². The van der Waals surface area contributed by atoms with Crippen molar-refractivity contribution in [3.05, 3.63) is 59.0 Å². The molecule has 0 aliphatic carbocycles. The fraction of sp³-hybridized carbons (Fsp3) is 0.320. The van der Waals surface area contributed by atoms with Crippen molar-refractivity contribution >= 4 is 22.8 Å². The molecule has 0 amide bonds. The molecule has 0 spiro atoms. The molecule has 0 fully saturated rings. The Labute approximate surface area is 181 Å². The maximum absolute atomic E-state index is 13.1. The van der Waals surface area contributed by atoms with Crippen LogP contribution in [0, 0.1) is 5.92 Å². The number of ether oxygens (including phenoxy) is 3. The van der Waals surface area contributed by atoms with Gasteiger partial charge in [-0.1, -0.05) is 13.8 Å². The third kappa shape index (κ3) is 3.37. The monoisotopic (exact) mass is 418 g/mol. The first-order valence-electron chi connectivity index (χ1n) is 10.5. The van der Waals surface area contributed by atoms with Gasteiger partial charge in [0.15, 0.2) is 5.76 Å². The minimum Gasteiger partial charge on any atom is -0.497 e. The van der Waals surface area contributed by atoms with Gasteiger partial charge in [-0.05, 0) is 42.3 Å². The highest BCUT2D eigenvalue weighted by Crippen LogP contribution is 2.42. The second-order valence-electron chi connectivity index (χ2n) is 8.62. The summed E-state index contributed by atoms with van der Waals surface area (Å²) in [6.07, 6.45) is 3.83. The molecule has 2 aromatic carbocycles. The van der Waals surface area contributed by atoms with Crippen molar-refractivity contribution in [1.82, 2.24) is 9.47 Å². The van der Waals surface area contributed by atoms with E-state index in [9.17, 15) is 4.79 Å². The van der Waals surface area contributed by atoms with Crippen molar-refractivity contribution < 1.29 is 19.0 Å². The lowest BCUT2D eigenvalue weighted by Gasteiger charge is -2.30. The van der Waals surface area contributed by atoms with E-state index in [4.69, 9.17) is 14.2 Å². The predicted molar refractivity (Wildman–Crippen MR) is 120 cm³/mol. The molecular formula is C25H26N2O4. The summed E-state index contributed by atoms with van der Waals surface area (Å²) in [5, 5.41) is 1.01. The van der Waals surface area contributed by atoms with Gasteiger partial charge >= 0.3 is 0 Å². The smallest absolute Gasteiger partial charge is 0.231 e. The molecule has 0 unspecified atom stereocenters. The van der Waals surface area contributed by atoms with Crippen molar-refractivity contribution in [2.45, 2.75) is 20.4 Å². The summed E-state index contributed by atoms with van der Waals surface area (Å²) in [5.74, 6) is 2.96. The van der Waals surface area contributed by atoms with E-state index in [2.05, 4.69) is 18.7 Å². The number of Topliss-reactive ketones (excluding diaryl/α,β-unsaturated/α-hetero) is 1. The molecule has 160 valence electrons. The normalized spacial score (nSPS) is 17.1. The number of carbonyl (C=O) groups excluding carboxylic acids is 1. The summed E-state index contributed by atoms with van der Waals surface area (Å²) in [4.78, 5) is 15.4. The van der Waals surface area contributed by atoms with Crippen LogP contribution in [-0.4, -0.2) is 35.6 Å². The van der Waals surface area contributed by atoms with Crippen LogP contribution in [0.15, 0.2) is 42.3 Å². The fourth-order valence-electron chi connectivity index (χ4n) is 4.42.